The predicted octanol–water partition coefficient (Wildman–Crippen LogP) is 1.26. The van der Waals surface area contributed by atoms with E-state index in [0.717, 1.165) is 19.4 Å². The molecule has 130 valence electrons. The van der Waals surface area contributed by atoms with Crippen molar-refractivity contribution in [3.8, 4) is 6.07 Å². The molecule has 0 rings (SSSR count). The van der Waals surface area contributed by atoms with Crippen molar-refractivity contribution in [1.82, 2.24) is 10.6 Å². The Hall–Kier alpha value is -2.07. The molecule has 0 atom stereocenters. The lowest BCUT2D eigenvalue weighted by molar-refractivity contribution is -0.142. The first-order chi connectivity index (χ1) is 11.2. The molecule has 0 aromatic heterocycles. The summed E-state index contributed by atoms with van der Waals surface area (Å²) >= 11 is 0. The second kappa shape index (κ2) is 14.9. The summed E-state index contributed by atoms with van der Waals surface area (Å²) in [5, 5.41) is 14.4. The fourth-order valence-corrected chi connectivity index (χ4v) is 1.55. The highest BCUT2D eigenvalue weighted by Crippen LogP contribution is 1.93. The first-order valence-electron chi connectivity index (χ1n) is 8.00. The first-order valence-corrected chi connectivity index (χ1v) is 8.00. The minimum atomic E-state index is -0.440. The van der Waals surface area contributed by atoms with E-state index in [4.69, 9.17) is 14.7 Å². The lowest BCUT2D eigenvalue weighted by Crippen LogP contribution is -2.27. The average molecular weight is 325 g/mol. The third kappa shape index (κ3) is 12.2. The average Bonchev–Trinajstić information content (AvgIpc) is 2.54. The molecule has 23 heavy (non-hydrogen) atoms. The molecule has 0 aromatic carbocycles. The Morgan fingerprint density at radius 3 is 2.57 bits per heavy atom. The number of nitrogens with one attached hydrogen (secondary N) is 2. The zero-order valence-electron chi connectivity index (χ0n) is 14.0. The van der Waals surface area contributed by atoms with Crippen molar-refractivity contribution >= 4 is 11.9 Å². The van der Waals surface area contributed by atoms with Gasteiger partial charge in [0.2, 0.25) is 0 Å². The molecule has 0 saturated heterocycles. The van der Waals surface area contributed by atoms with Crippen LogP contribution in [0.15, 0.2) is 11.8 Å². The molecule has 0 fully saturated rings. The van der Waals surface area contributed by atoms with Gasteiger partial charge in [-0.25, -0.2) is 0 Å². The van der Waals surface area contributed by atoms with Crippen LogP contribution in [0.4, 0.5) is 0 Å². The van der Waals surface area contributed by atoms with Crippen LogP contribution in [0.1, 0.15) is 39.5 Å². The van der Waals surface area contributed by atoms with Gasteiger partial charge in [0.1, 0.15) is 11.6 Å². The standard InChI is InChI=1S/C16H27N3O4/c1-3-5-10-22-11-6-8-19-16(21)14(12-17)13-18-9-7-15(20)23-4-2/h13,18H,3-11H2,1-2H3,(H,19,21)/b14-13-. The van der Waals surface area contributed by atoms with Crippen LogP contribution in [0.5, 0.6) is 0 Å². The summed E-state index contributed by atoms with van der Waals surface area (Å²) in [4.78, 5) is 22.9. The molecule has 0 radical (unpaired) electrons. The highest BCUT2D eigenvalue weighted by molar-refractivity contribution is 5.97. The lowest BCUT2D eigenvalue weighted by Gasteiger charge is -2.06. The van der Waals surface area contributed by atoms with Gasteiger partial charge in [-0.2, -0.15) is 5.26 Å². The van der Waals surface area contributed by atoms with E-state index in [1.807, 2.05) is 6.07 Å². The highest BCUT2D eigenvalue weighted by atomic mass is 16.5. The van der Waals surface area contributed by atoms with Gasteiger partial charge in [0.25, 0.3) is 5.91 Å². The van der Waals surface area contributed by atoms with E-state index in [2.05, 4.69) is 17.6 Å². The summed E-state index contributed by atoms with van der Waals surface area (Å²) in [7, 11) is 0. The van der Waals surface area contributed by atoms with Crippen LogP contribution in [-0.4, -0.2) is 44.8 Å². The number of hydrogen-bond acceptors (Lipinski definition) is 6. The minimum Gasteiger partial charge on any atom is -0.466 e. The van der Waals surface area contributed by atoms with E-state index in [-0.39, 0.29) is 18.0 Å². The summed E-state index contributed by atoms with van der Waals surface area (Å²) < 4.78 is 10.1. The van der Waals surface area contributed by atoms with Gasteiger partial charge in [0, 0.05) is 32.5 Å². The zero-order valence-corrected chi connectivity index (χ0v) is 14.0. The van der Waals surface area contributed by atoms with Crippen molar-refractivity contribution in [2.24, 2.45) is 0 Å². The number of rotatable bonds is 13. The van der Waals surface area contributed by atoms with Gasteiger partial charge in [-0.05, 0) is 19.8 Å². The maximum Gasteiger partial charge on any atom is 0.307 e. The van der Waals surface area contributed by atoms with Gasteiger partial charge < -0.3 is 20.1 Å². The Morgan fingerprint density at radius 2 is 1.91 bits per heavy atom. The highest BCUT2D eigenvalue weighted by Gasteiger charge is 2.08. The second-order valence-electron chi connectivity index (χ2n) is 4.75. The minimum absolute atomic E-state index is 0.0271. The number of carbonyl (C=O) groups excluding carboxylic acids is 2. The van der Waals surface area contributed by atoms with Crippen LogP contribution >= 0.6 is 0 Å². The normalized spacial score (nSPS) is 10.7. The molecular formula is C16H27N3O4. The molecule has 0 heterocycles. The van der Waals surface area contributed by atoms with Crippen molar-refractivity contribution < 1.29 is 19.1 Å². The Balaban J connectivity index is 3.87. The Bertz CT molecular complexity index is 416. The number of nitrogens with zero attached hydrogens (tertiary/aromatic N) is 1. The fourth-order valence-electron chi connectivity index (χ4n) is 1.55. The quantitative estimate of drug-likeness (QED) is 0.229. The molecule has 0 aliphatic rings. The Labute approximate surface area is 138 Å². The van der Waals surface area contributed by atoms with Crippen molar-refractivity contribution in [2.75, 3.05) is 32.9 Å². The van der Waals surface area contributed by atoms with Gasteiger partial charge in [0.05, 0.1) is 13.0 Å². The fraction of sp³-hybridized carbons (Fsp3) is 0.688. The van der Waals surface area contributed by atoms with Crippen LogP contribution in [0.3, 0.4) is 0 Å². The van der Waals surface area contributed by atoms with Crippen LogP contribution in [0.2, 0.25) is 0 Å². The van der Waals surface area contributed by atoms with Crippen molar-refractivity contribution in [3.63, 3.8) is 0 Å². The summed E-state index contributed by atoms with van der Waals surface area (Å²) in [6.07, 6.45) is 4.32. The molecule has 0 aliphatic carbocycles. The number of hydrogen-bond donors (Lipinski definition) is 2. The van der Waals surface area contributed by atoms with E-state index in [1.165, 1.54) is 6.20 Å². The van der Waals surface area contributed by atoms with E-state index in [0.29, 0.717) is 32.7 Å². The number of unbranched alkanes of at least 4 members (excludes halogenated alkanes) is 1. The van der Waals surface area contributed by atoms with Crippen LogP contribution in [-0.2, 0) is 19.1 Å². The van der Waals surface area contributed by atoms with Gasteiger partial charge >= 0.3 is 5.97 Å². The van der Waals surface area contributed by atoms with E-state index < -0.39 is 5.91 Å². The molecule has 2 N–H and O–H groups in total. The molecule has 0 spiro atoms. The van der Waals surface area contributed by atoms with Gasteiger partial charge in [-0.15, -0.1) is 0 Å². The Morgan fingerprint density at radius 1 is 1.17 bits per heavy atom. The predicted molar refractivity (Wildman–Crippen MR) is 86.3 cm³/mol. The Kier molecular flexibility index (Phi) is 13.5. The number of carbonyl (C=O) groups is 2. The number of amides is 1. The first kappa shape index (κ1) is 20.9. The molecule has 0 bridgehead atoms. The molecule has 0 unspecified atom stereocenters. The summed E-state index contributed by atoms with van der Waals surface area (Å²) in [5.41, 5.74) is -0.0271. The smallest absolute Gasteiger partial charge is 0.307 e. The molecule has 0 saturated carbocycles. The van der Waals surface area contributed by atoms with Gasteiger partial charge in [-0.1, -0.05) is 13.3 Å². The number of nitriles is 1. The van der Waals surface area contributed by atoms with Crippen LogP contribution in [0.25, 0.3) is 0 Å². The molecule has 7 nitrogen and oxygen atoms in total. The SMILES string of the molecule is CCCCOCCCNC(=O)/C(C#N)=C\NCCC(=O)OCC. The number of ether oxygens (including phenoxy) is 2. The lowest BCUT2D eigenvalue weighted by atomic mass is 10.3. The van der Waals surface area contributed by atoms with Crippen LogP contribution < -0.4 is 10.6 Å². The van der Waals surface area contributed by atoms with Crippen molar-refractivity contribution in [2.45, 2.75) is 39.5 Å². The maximum atomic E-state index is 11.8. The third-order valence-corrected chi connectivity index (χ3v) is 2.78. The largest absolute Gasteiger partial charge is 0.466 e. The summed E-state index contributed by atoms with van der Waals surface area (Å²) in [6, 6.07) is 1.82. The molecular weight excluding hydrogens is 298 g/mol. The van der Waals surface area contributed by atoms with E-state index >= 15 is 0 Å². The topological polar surface area (TPSA) is 100 Å². The van der Waals surface area contributed by atoms with Gasteiger partial charge in [-0.3, -0.25) is 9.59 Å². The van der Waals surface area contributed by atoms with Crippen molar-refractivity contribution in [3.05, 3.63) is 11.8 Å². The van der Waals surface area contributed by atoms with Crippen LogP contribution in [0, 0.1) is 11.3 Å². The molecule has 0 aliphatic heterocycles. The van der Waals surface area contributed by atoms with Gasteiger partial charge in [0.15, 0.2) is 0 Å². The van der Waals surface area contributed by atoms with E-state index in [1.54, 1.807) is 6.92 Å². The van der Waals surface area contributed by atoms with E-state index in [9.17, 15) is 9.59 Å². The maximum absolute atomic E-state index is 11.8. The molecule has 7 heteroatoms. The van der Waals surface area contributed by atoms with Crippen molar-refractivity contribution in [1.29, 1.82) is 5.26 Å². The molecule has 0 aromatic rings. The summed E-state index contributed by atoms with van der Waals surface area (Å²) in [5.74, 6) is -0.760. The summed E-state index contributed by atoms with van der Waals surface area (Å²) in [6.45, 7) is 6.25. The number of esters is 1. The second-order valence-corrected chi connectivity index (χ2v) is 4.75. The zero-order chi connectivity index (χ0) is 17.3. The molecule has 1 amide bonds. The third-order valence-electron chi connectivity index (χ3n) is 2.78. The monoisotopic (exact) mass is 325 g/mol.